The molecule has 0 spiro atoms. The average molecular weight is 333 g/mol. The molecule has 0 radical (unpaired) electrons. The number of nitrogens with zero attached hydrogens (tertiary/aromatic N) is 2. The molecule has 4 nitrogen and oxygen atoms in total. The lowest BCUT2D eigenvalue weighted by Crippen LogP contribution is -2.38. The number of aryl methyl sites for hydroxylation is 2. The van der Waals surface area contributed by atoms with Gasteiger partial charge in [-0.3, -0.25) is 9.78 Å². The van der Waals surface area contributed by atoms with E-state index in [2.05, 4.69) is 28.3 Å². The predicted octanol–water partition coefficient (Wildman–Crippen LogP) is 4.20. The Balaban J connectivity index is 1.50. The van der Waals surface area contributed by atoms with Crippen LogP contribution in [0.25, 0.3) is 11.0 Å². The van der Waals surface area contributed by atoms with E-state index < -0.39 is 0 Å². The van der Waals surface area contributed by atoms with Crippen LogP contribution in [0.4, 0.5) is 0 Å². The molecule has 0 aliphatic carbocycles. The molecule has 1 saturated heterocycles. The maximum Gasteiger partial charge on any atom is 0.254 e. The van der Waals surface area contributed by atoms with E-state index >= 15 is 0 Å². The summed E-state index contributed by atoms with van der Waals surface area (Å²) in [6, 6.07) is 10.1. The van der Waals surface area contributed by atoms with Gasteiger partial charge in [0.1, 0.15) is 0 Å². The molecule has 1 fully saturated rings. The molecule has 128 valence electrons. The smallest absolute Gasteiger partial charge is 0.254 e. The van der Waals surface area contributed by atoms with E-state index in [1.54, 1.807) is 0 Å². The summed E-state index contributed by atoms with van der Waals surface area (Å²) in [6.07, 6.45) is 5.91. The van der Waals surface area contributed by atoms with Crippen LogP contribution in [0, 0.1) is 13.8 Å². The second kappa shape index (κ2) is 6.36. The van der Waals surface area contributed by atoms with Crippen molar-refractivity contribution < 1.29 is 4.79 Å². The molecular formula is C21H23N3O. The number of piperidine rings is 1. The molecule has 0 atom stereocenters. The van der Waals surface area contributed by atoms with E-state index in [9.17, 15) is 4.79 Å². The molecule has 4 rings (SSSR count). The highest BCUT2D eigenvalue weighted by atomic mass is 16.2. The molecule has 0 bridgehead atoms. The number of carbonyl (C=O) groups excluding carboxylic acids is 1. The monoisotopic (exact) mass is 333 g/mol. The van der Waals surface area contributed by atoms with Gasteiger partial charge < -0.3 is 9.88 Å². The van der Waals surface area contributed by atoms with Crippen molar-refractivity contribution in [1.29, 1.82) is 0 Å². The first-order chi connectivity index (χ1) is 12.1. The van der Waals surface area contributed by atoms with E-state index in [-0.39, 0.29) is 5.91 Å². The zero-order chi connectivity index (χ0) is 17.4. The summed E-state index contributed by atoms with van der Waals surface area (Å²) in [5.74, 6) is 0.628. The zero-order valence-electron chi connectivity index (χ0n) is 14.7. The van der Waals surface area contributed by atoms with Gasteiger partial charge in [0.05, 0.1) is 11.0 Å². The molecule has 4 heteroatoms. The van der Waals surface area contributed by atoms with Gasteiger partial charge in [-0.1, -0.05) is 17.7 Å². The number of hydrogen-bond acceptors (Lipinski definition) is 2. The fraction of sp³-hybridized carbons (Fsp3) is 0.333. The van der Waals surface area contributed by atoms with Crippen LogP contribution in [-0.4, -0.2) is 33.9 Å². The second-order valence-electron chi connectivity index (χ2n) is 7.03. The Morgan fingerprint density at radius 3 is 2.80 bits per heavy atom. The quantitative estimate of drug-likeness (QED) is 0.764. The molecule has 1 aliphatic heterocycles. The van der Waals surface area contributed by atoms with Gasteiger partial charge >= 0.3 is 0 Å². The lowest BCUT2D eigenvalue weighted by molar-refractivity contribution is 0.0712. The second-order valence-corrected chi connectivity index (χ2v) is 7.03. The summed E-state index contributed by atoms with van der Waals surface area (Å²) < 4.78 is 0. The van der Waals surface area contributed by atoms with Crippen molar-refractivity contribution >= 4 is 16.9 Å². The number of aromatic nitrogens is 2. The number of fused-ring (bicyclic) bond motifs is 1. The maximum absolute atomic E-state index is 12.9. The normalized spacial score (nSPS) is 15.7. The van der Waals surface area contributed by atoms with E-state index in [4.69, 9.17) is 0 Å². The number of hydrogen-bond donors (Lipinski definition) is 1. The van der Waals surface area contributed by atoms with E-state index in [0.717, 1.165) is 53.7 Å². The van der Waals surface area contributed by atoms with Crippen molar-refractivity contribution in [3.8, 4) is 0 Å². The van der Waals surface area contributed by atoms with Crippen LogP contribution in [0.15, 0.2) is 42.7 Å². The Kier molecular flexibility index (Phi) is 4.04. The highest BCUT2D eigenvalue weighted by Gasteiger charge is 2.27. The third-order valence-corrected chi connectivity index (χ3v) is 5.31. The van der Waals surface area contributed by atoms with Crippen LogP contribution < -0.4 is 0 Å². The summed E-state index contributed by atoms with van der Waals surface area (Å²) in [5.41, 5.74) is 6.47. The number of carbonyl (C=O) groups is 1. The number of H-pyrrole nitrogens is 1. The molecule has 2 aromatic heterocycles. The molecule has 0 saturated carbocycles. The van der Waals surface area contributed by atoms with Crippen molar-refractivity contribution in [2.75, 3.05) is 13.1 Å². The summed E-state index contributed by atoms with van der Waals surface area (Å²) >= 11 is 0. The molecule has 1 aliphatic rings. The van der Waals surface area contributed by atoms with Gasteiger partial charge in [-0.2, -0.15) is 0 Å². The lowest BCUT2D eigenvalue weighted by atomic mass is 9.90. The van der Waals surface area contributed by atoms with Crippen molar-refractivity contribution in [2.24, 2.45) is 0 Å². The molecule has 1 N–H and O–H groups in total. The SMILES string of the molecule is Cc1ccc(C)c(C(=O)N2CCC(c3c[nH]c4cccnc34)CC2)c1. The van der Waals surface area contributed by atoms with Gasteiger partial charge in [-0.25, -0.2) is 0 Å². The number of amides is 1. The minimum Gasteiger partial charge on any atom is -0.360 e. The molecule has 3 heterocycles. The number of pyridine rings is 1. The fourth-order valence-electron chi connectivity index (χ4n) is 3.82. The number of nitrogens with one attached hydrogen (secondary N) is 1. The summed E-state index contributed by atoms with van der Waals surface area (Å²) in [5, 5.41) is 0. The fourth-order valence-corrected chi connectivity index (χ4v) is 3.82. The number of likely N-dealkylation sites (tertiary alicyclic amines) is 1. The third-order valence-electron chi connectivity index (χ3n) is 5.31. The lowest BCUT2D eigenvalue weighted by Gasteiger charge is -2.32. The predicted molar refractivity (Wildman–Crippen MR) is 99.9 cm³/mol. The van der Waals surface area contributed by atoms with Crippen molar-refractivity contribution in [3.63, 3.8) is 0 Å². The van der Waals surface area contributed by atoms with E-state index in [1.165, 1.54) is 5.56 Å². The van der Waals surface area contributed by atoms with Gasteiger partial charge in [-0.15, -0.1) is 0 Å². The Labute approximate surface area is 147 Å². The van der Waals surface area contributed by atoms with E-state index in [0.29, 0.717) is 5.92 Å². The topological polar surface area (TPSA) is 49.0 Å². The first kappa shape index (κ1) is 15.9. The van der Waals surface area contributed by atoms with Gasteiger partial charge in [0, 0.05) is 31.0 Å². The van der Waals surface area contributed by atoms with Crippen molar-refractivity contribution in [3.05, 3.63) is 65.0 Å². The summed E-state index contributed by atoms with van der Waals surface area (Å²) in [7, 11) is 0. The number of benzene rings is 1. The number of aromatic amines is 1. The minimum absolute atomic E-state index is 0.164. The Bertz CT molecular complexity index is 920. The number of rotatable bonds is 2. The van der Waals surface area contributed by atoms with Gasteiger partial charge in [0.25, 0.3) is 5.91 Å². The van der Waals surface area contributed by atoms with Crippen molar-refractivity contribution in [2.45, 2.75) is 32.6 Å². The van der Waals surface area contributed by atoms with Crippen LogP contribution in [-0.2, 0) is 0 Å². The third kappa shape index (κ3) is 2.93. The molecule has 3 aromatic rings. The molecule has 1 aromatic carbocycles. The minimum atomic E-state index is 0.164. The molecule has 0 unspecified atom stereocenters. The van der Waals surface area contributed by atoms with Crippen LogP contribution in [0.1, 0.15) is 45.8 Å². The van der Waals surface area contributed by atoms with Gasteiger partial charge in [0.15, 0.2) is 0 Å². The highest BCUT2D eigenvalue weighted by molar-refractivity contribution is 5.96. The Hall–Kier alpha value is -2.62. The maximum atomic E-state index is 12.9. The summed E-state index contributed by atoms with van der Waals surface area (Å²) in [6.45, 7) is 5.65. The highest BCUT2D eigenvalue weighted by Crippen LogP contribution is 2.32. The van der Waals surface area contributed by atoms with Crippen molar-refractivity contribution in [1.82, 2.24) is 14.9 Å². The zero-order valence-corrected chi connectivity index (χ0v) is 14.7. The van der Waals surface area contributed by atoms with Gasteiger partial charge in [-0.05, 0) is 61.9 Å². The Morgan fingerprint density at radius 2 is 2.00 bits per heavy atom. The summed E-state index contributed by atoms with van der Waals surface area (Å²) in [4.78, 5) is 22.7. The first-order valence-electron chi connectivity index (χ1n) is 8.92. The van der Waals surface area contributed by atoms with Crippen LogP contribution >= 0.6 is 0 Å². The average Bonchev–Trinajstić information content (AvgIpc) is 3.07. The molecular weight excluding hydrogens is 310 g/mol. The van der Waals surface area contributed by atoms with Gasteiger partial charge in [0.2, 0.25) is 0 Å². The van der Waals surface area contributed by atoms with Crippen LogP contribution in [0.3, 0.4) is 0 Å². The largest absolute Gasteiger partial charge is 0.360 e. The van der Waals surface area contributed by atoms with Crippen LogP contribution in [0.5, 0.6) is 0 Å². The molecule has 1 amide bonds. The first-order valence-corrected chi connectivity index (χ1v) is 8.92. The van der Waals surface area contributed by atoms with Crippen LogP contribution in [0.2, 0.25) is 0 Å². The Morgan fingerprint density at radius 1 is 1.20 bits per heavy atom. The standard InChI is InChI=1S/C21H23N3O/c1-14-5-6-15(2)17(12-14)21(25)24-10-7-16(8-11-24)18-13-23-19-4-3-9-22-20(18)19/h3-6,9,12-13,16,23H,7-8,10-11H2,1-2H3. The van der Waals surface area contributed by atoms with E-state index in [1.807, 2.05) is 43.1 Å². The molecule has 25 heavy (non-hydrogen) atoms.